The van der Waals surface area contributed by atoms with Crippen LogP contribution < -0.4 is 0 Å². The number of amides is 1. The van der Waals surface area contributed by atoms with Crippen LogP contribution in [0.3, 0.4) is 0 Å². The van der Waals surface area contributed by atoms with Crippen molar-refractivity contribution in [2.45, 2.75) is 128 Å². The Morgan fingerprint density at radius 3 is 1.44 bits per heavy atom. The molecular weight excluding hydrogens is 358 g/mol. The highest BCUT2D eigenvalue weighted by atomic mass is 35.5. The van der Waals surface area contributed by atoms with Crippen LogP contribution in [0.1, 0.15) is 117 Å². The van der Waals surface area contributed by atoms with Crippen molar-refractivity contribution in [3.8, 4) is 0 Å². The second-order valence-corrected chi connectivity index (χ2v) is 9.19. The standard InChI is InChI=1S/C23H47ClNO2/c1-5-6-7-8-9-10-11-12-13-14-15-16-17-18-19-20-22(27)25(3,4)23(24)21(2)26/h21,23,26H,5-20H2,1-4H3/q+1. The molecule has 0 aromatic carbocycles. The van der Waals surface area contributed by atoms with E-state index in [9.17, 15) is 9.90 Å². The third-order valence-electron chi connectivity index (χ3n) is 5.65. The predicted octanol–water partition coefficient (Wildman–Crippen LogP) is 6.80. The molecular formula is C23H47ClNO2+. The van der Waals surface area contributed by atoms with Gasteiger partial charge in [0, 0.05) is 0 Å². The van der Waals surface area contributed by atoms with Crippen molar-refractivity contribution in [3.05, 3.63) is 0 Å². The van der Waals surface area contributed by atoms with Crippen LogP contribution in [-0.4, -0.2) is 41.2 Å². The van der Waals surface area contributed by atoms with E-state index < -0.39 is 11.6 Å². The smallest absolute Gasteiger partial charge is 0.314 e. The van der Waals surface area contributed by atoms with E-state index in [-0.39, 0.29) is 10.4 Å². The van der Waals surface area contributed by atoms with E-state index in [1.807, 2.05) is 0 Å². The number of aliphatic hydroxyl groups is 1. The highest BCUT2D eigenvalue weighted by Gasteiger charge is 2.36. The summed E-state index contributed by atoms with van der Waals surface area (Å²) in [6, 6.07) is 0. The third kappa shape index (κ3) is 13.7. The number of nitrogens with zero attached hydrogens (tertiary/aromatic N) is 1. The largest absolute Gasteiger partial charge is 0.386 e. The fourth-order valence-corrected chi connectivity index (χ4v) is 3.72. The van der Waals surface area contributed by atoms with Crippen molar-refractivity contribution in [1.29, 1.82) is 0 Å². The maximum absolute atomic E-state index is 12.3. The van der Waals surface area contributed by atoms with Gasteiger partial charge >= 0.3 is 5.91 Å². The summed E-state index contributed by atoms with van der Waals surface area (Å²) < 4.78 is 0.0534. The van der Waals surface area contributed by atoms with Gasteiger partial charge in [0.2, 0.25) is 0 Å². The van der Waals surface area contributed by atoms with Crippen LogP contribution in [0.25, 0.3) is 0 Å². The zero-order valence-corrected chi connectivity index (χ0v) is 19.4. The van der Waals surface area contributed by atoms with Crippen molar-refractivity contribution >= 4 is 17.5 Å². The minimum atomic E-state index is -0.688. The fraction of sp³-hybridized carbons (Fsp3) is 0.957. The monoisotopic (exact) mass is 404 g/mol. The number of hydrogen-bond donors (Lipinski definition) is 1. The fourth-order valence-electron chi connectivity index (χ4n) is 3.61. The highest BCUT2D eigenvalue weighted by Crippen LogP contribution is 2.19. The number of aliphatic hydroxyl groups excluding tert-OH is 1. The molecule has 0 saturated carbocycles. The van der Waals surface area contributed by atoms with Crippen LogP contribution in [0.4, 0.5) is 0 Å². The molecule has 3 nitrogen and oxygen atoms in total. The van der Waals surface area contributed by atoms with Gasteiger partial charge in [0.25, 0.3) is 0 Å². The second-order valence-electron chi connectivity index (χ2n) is 8.75. The summed E-state index contributed by atoms with van der Waals surface area (Å²) in [4.78, 5) is 12.3. The van der Waals surface area contributed by atoms with E-state index in [0.29, 0.717) is 6.42 Å². The van der Waals surface area contributed by atoms with Crippen molar-refractivity contribution < 1.29 is 14.4 Å². The molecule has 4 heteroatoms. The first kappa shape index (κ1) is 26.9. The summed E-state index contributed by atoms with van der Waals surface area (Å²) in [5, 5.41) is 9.61. The van der Waals surface area contributed by atoms with Crippen molar-refractivity contribution in [1.82, 2.24) is 0 Å². The topological polar surface area (TPSA) is 37.3 Å². The first-order chi connectivity index (χ1) is 12.8. The molecule has 0 aliphatic carbocycles. The molecule has 0 aromatic rings. The van der Waals surface area contributed by atoms with E-state index in [0.717, 1.165) is 12.8 Å². The summed E-state index contributed by atoms with van der Waals surface area (Å²) in [6.45, 7) is 3.91. The zero-order valence-electron chi connectivity index (χ0n) is 18.6. The number of carbonyl (C=O) groups is 1. The van der Waals surface area contributed by atoms with Crippen LogP contribution in [0.15, 0.2) is 0 Å². The molecule has 0 aliphatic rings. The second kappa shape index (κ2) is 16.8. The van der Waals surface area contributed by atoms with Gasteiger partial charge in [-0.15, -0.1) is 0 Å². The Morgan fingerprint density at radius 2 is 1.11 bits per heavy atom. The Bertz CT molecular complexity index is 358. The summed E-state index contributed by atoms with van der Waals surface area (Å²) in [7, 11) is 3.58. The highest BCUT2D eigenvalue weighted by molar-refractivity contribution is 6.20. The summed E-state index contributed by atoms with van der Waals surface area (Å²) in [5.41, 5.74) is -0.575. The molecule has 0 saturated heterocycles. The van der Waals surface area contributed by atoms with Gasteiger partial charge in [0.05, 0.1) is 20.5 Å². The summed E-state index contributed by atoms with van der Waals surface area (Å²) in [5.74, 6) is 0.116. The Balaban J connectivity index is 3.44. The van der Waals surface area contributed by atoms with Crippen LogP contribution in [0, 0.1) is 0 Å². The van der Waals surface area contributed by atoms with Gasteiger partial charge in [0.1, 0.15) is 6.10 Å². The number of quaternary nitrogens is 1. The number of unbranched alkanes of at least 4 members (excludes halogenated alkanes) is 14. The number of alkyl halides is 1. The quantitative estimate of drug-likeness (QED) is 0.118. The molecule has 1 amide bonds. The van der Waals surface area contributed by atoms with E-state index in [1.54, 1.807) is 21.0 Å². The van der Waals surface area contributed by atoms with E-state index >= 15 is 0 Å². The molecule has 0 aliphatic heterocycles. The Hall–Kier alpha value is -0.120. The van der Waals surface area contributed by atoms with Crippen molar-refractivity contribution in [2.24, 2.45) is 0 Å². The molecule has 0 heterocycles. The lowest BCUT2D eigenvalue weighted by atomic mass is 10.0. The lowest BCUT2D eigenvalue weighted by Gasteiger charge is -2.33. The van der Waals surface area contributed by atoms with Gasteiger partial charge in [-0.25, -0.2) is 9.28 Å². The number of carbonyl (C=O) groups excluding carboxylic acids is 1. The minimum Gasteiger partial charge on any atom is -0.386 e. The van der Waals surface area contributed by atoms with Gasteiger partial charge < -0.3 is 5.11 Å². The predicted molar refractivity (Wildman–Crippen MR) is 118 cm³/mol. The maximum atomic E-state index is 12.3. The van der Waals surface area contributed by atoms with Crippen molar-refractivity contribution in [3.63, 3.8) is 0 Å². The van der Waals surface area contributed by atoms with Gasteiger partial charge in [-0.3, -0.25) is 0 Å². The zero-order chi connectivity index (χ0) is 20.5. The molecule has 162 valence electrons. The summed E-state index contributed by atoms with van der Waals surface area (Å²) >= 11 is 6.17. The van der Waals surface area contributed by atoms with Crippen LogP contribution in [0.2, 0.25) is 0 Å². The Morgan fingerprint density at radius 1 is 0.778 bits per heavy atom. The molecule has 27 heavy (non-hydrogen) atoms. The van der Waals surface area contributed by atoms with Gasteiger partial charge in [-0.05, 0) is 13.3 Å². The molecule has 2 atom stereocenters. The first-order valence-corrected chi connectivity index (χ1v) is 12.0. The number of likely N-dealkylation sites (N-methyl/N-ethyl adjacent to an activating group) is 1. The number of rotatable bonds is 18. The molecule has 2 unspecified atom stereocenters. The molecule has 1 N–H and O–H groups in total. The van der Waals surface area contributed by atoms with Crippen molar-refractivity contribution in [2.75, 3.05) is 14.1 Å². The maximum Gasteiger partial charge on any atom is 0.314 e. The average Bonchev–Trinajstić information content (AvgIpc) is 2.63. The molecule has 0 rings (SSSR count). The summed E-state index contributed by atoms with van der Waals surface area (Å²) in [6.07, 6.45) is 19.8. The van der Waals surface area contributed by atoms with E-state index in [4.69, 9.17) is 11.6 Å². The molecule has 0 radical (unpaired) electrons. The van der Waals surface area contributed by atoms with Crippen LogP contribution >= 0.6 is 11.6 Å². The van der Waals surface area contributed by atoms with E-state index in [2.05, 4.69) is 6.92 Å². The normalized spacial score (nSPS) is 14.3. The van der Waals surface area contributed by atoms with E-state index in [1.165, 1.54) is 83.5 Å². The first-order valence-electron chi connectivity index (χ1n) is 11.5. The Kier molecular flexibility index (Phi) is 16.7. The molecule has 0 aromatic heterocycles. The number of hydrogen-bond acceptors (Lipinski definition) is 2. The lowest BCUT2D eigenvalue weighted by molar-refractivity contribution is -0.830. The minimum absolute atomic E-state index is 0.0534. The average molecular weight is 405 g/mol. The third-order valence-corrected chi connectivity index (χ3v) is 6.50. The SMILES string of the molecule is CCCCCCCCCCCCCCCCCC(=O)[N+](C)(C)C(Cl)C(C)O. The van der Waals surface area contributed by atoms with Crippen LogP contribution in [0.5, 0.6) is 0 Å². The molecule has 0 fully saturated rings. The van der Waals surface area contributed by atoms with Gasteiger partial charge in [-0.1, -0.05) is 108 Å². The van der Waals surface area contributed by atoms with Gasteiger partial charge in [0.15, 0.2) is 5.50 Å². The lowest BCUT2D eigenvalue weighted by Crippen LogP contribution is -2.54. The Labute approximate surface area is 174 Å². The number of halogens is 1. The molecule has 0 bridgehead atoms. The van der Waals surface area contributed by atoms with Gasteiger partial charge in [-0.2, -0.15) is 0 Å². The molecule has 0 spiro atoms. The van der Waals surface area contributed by atoms with Crippen LogP contribution in [-0.2, 0) is 4.79 Å².